The Morgan fingerprint density at radius 1 is 0.608 bits per heavy atom. The van der Waals surface area contributed by atoms with Crippen LogP contribution in [0.15, 0.2) is 110 Å². The lowest BCUT2D eigenvalue weighted by Gasteiger charge is -2.36. The summed E-state index contributed by atoms with van der Waals surface area (Å²) >= 11 is 0. The third kappa shape index (κ3) is 7.13. The van der Waals surface area contributed by atoms with Gasteiger partial charge in [0.25, 0.3) is 0 Å². The van der Waals surface area contributed by atoms with E-state index in [0.717, 1.165) is 5.75 Å². The third-order valence-corrected chi connectivity index (χ3v) is 16.8. The number of ether oxygens (including phenoxy) is 1. The first kappa shape index (κ1) is 36.9. The summed E-state index contributed by atoms with van der Waals surface area (Å²) in [6, 6.07) is 37.7. The van der Waals surface area contributed by atoms with E-state index in [1.165, 1.54) is 71.6 Å². The van der Waals surface area contributed by atoms with Crippen molar-refractivity contribution < 1.29 is 4.74 Å². The molecule has 3 heteroatoms. The molecule has 0 atom stereocenters. The zero-order valence-corrected chi connectivity index (χ0v) is 35.2. The van der Waals surface area contributed by atoms with Crippen molar-refractivity contribution in [2.24, 2.45) is 0 Å². The van der Waals surface area contributed by atoms with Gasteiger partial charge >= 0.3 is 0 Å². The van der Waals surface area contributed by atoms with Gasteiger partial charge in [-0.15, -0.1) is 0 Å². The molecular weight excluding hydrogens is 649 g/mol. The number of fused-ring (bicyclic) bond motifs is 3. The van der Waals surface area contributed by atoms with Crippen molar-refractivity contribution in [1.29, 1.82) is 0 Å². The van der Waals surface area contributed by atoms with Crippen LogP contribution < -0.4 is 15.1 Å². The van der Waals surface area contributed by atoms with Gasteiger partial charge in [0.2, 0.25) is 0 Å². The summed E-state index contributed by atoms with van der Waals surface area (Å²) in [4.78, 5) is 0. The van der Waals surface area contributed by atoms with Crippen LogP contribution in [0.1, 0.15) is 74.9 Å². The molecule has 5 aromatic carbocycles. The highest BCUT2D eigenvalue weighted by Gasteiger charge is 2.45. The summed E-state index contributed by atoms with van der Waals surface area (Å²) < 4.78 is 6.75. The molecule has 0 aliphatic heterocycles. The Bertz CT molecular complexity index is 2010. The minimum Gasteiger partial charge on any atom is -0.490 e. The Hall–Kier alpha value is -3.93. The SMILES string of the molecule is C=CCOc1c([Si](C)(C)C)cc(C)cc1[Si](C)(C)C1c2cc(-c3cccc(C(C)(C)C)c3)ccc2-c2ccc(-c3cccc(C(C)(C)C)c3)cc21. The van der Waals surface area contributed by atoms with Crippen molar-refractivity contribution in [1.82, 2.24) is 0 Å². The summed E-state index contributed by atoms with van der Waals surface area (Å²) in [5.74, 6) is 1.12. The molecule has 0 saturated carbocycles. The Morgan fingerprint density at radius 2 is 1.06 bits per heavy atom. The van der Waals surface area contributed by atoms with E-state index in [9.17, 15) is 0 Å². The smallest absolute Gasteiger partial charge is 0.118 e. The van der Waals surface area contributed by atoms with E-state index >= 15 is 0 Å². The van der Waals surface area contributed by atoms with E-state index in [1.54, 1.807) is 0 Å². The fourth-order valence-corrected chi connectivity index (χ4v) is 13.4. The van der Waals surface area contributed by atoms with Gasteiger partial charge in [0.05, 0.1) is 16.1 Å². The van der Waals surface area contributed by atoms with Gasteiger partial charge < -0.3 is 4.74 Å². The Morgan fingerprint density at radius 3 is 1.49 bits per heavy atom. The topological polar surface area (TPSA) is 9.23 Å². The molecule has 0 unspecified atom stereocenters. The Labute approximate surface area is 310 Å². The molecule has 0 saturated heterocycles. The first-order valence-corrected chi connectivity index (χ1v) is 25.3. The highest BCUT2D eigenvalue weighted by atomic mass is 28.3. The maximum atomic E-state index is 6.75. The second-order valence-corrected chi connectivity index (χ2v) is 28.1. The van der Waals surface area contributed by atoms with Crippen LogP contribution in [0.25, 0.3) is 33.4 Å². The minimum atomic E-state index is -2.35. The molecule has 1 nitrogen and oxygen atoms in total. The van der Waals surface area contributed by atoms with Crippen molar-refractivity contribution in [3.8, 4) is 39.1 Å². The summed E-state index contributed by atoms with van der Waals surface area (Å²) in [5, 5.41) is 2.84. The average molecular weight is 707 g/mol. The van der Waals surface area contributed by atoms with Gasteiger partial charge in [0.1, 0.15) is 12.4 Å². The van der Waals surface area contributed by atoms with Crippen LogP contribution in [-0.2, 0) is 10.8 Å². The van der Waals surface area contributed by atoms with Crippen molar-refractivity contribution in [3.05, 3.63) is 138 Å². The summed E-state index contributed by atoms with van der Waals surface area (Å²) in [5.41, 5.74) is 15.3. The first-order valence-electron chi connectivity index (χ1n) is 18.7. The van der Waals surface area contributed by atoms with E-state index < -0.39 is 16.1 Å². The average Bonchev–Trinajstić information content (AvgIpc) is 3.40. The molecule has 0 radical (unpaired) electrons. The third-order valence-electron chi connectivity index (χ3n) is 10.9. The van der Waals surface area contributed by atoms with E-state index in [-0.39, 0.29) is 16.4 Å². The zero-order valence-electron chi connectivity index (χ0n) is 33.2. The fourth-order valence-electron chi connectivity index (χ4n) is 7.99. The number of benzene rings is 5. The first-order chi connectivity index (χ1) is 23.8. The van der Waals surface area contributed by atoms with Crippen molar-refractivity contribution in [2.75, 3.05) is 6.61 Å². The summed E-state index contributed by atoms with van der Waals surface area (Å²) in [7, 11) is -4.09. The predicted octanol–water partition coefficient (Wildman–Crippen LogP) is 12.3. The molecule has 0 bridgehead atoms. The van der Waals surface area contributed by atoms with Gasteiger partial charge in [-0.05, 0) is 83.8 Å². The molecule has 0 fully saturated rings. The molecule has 0 heterocycles. The van der Waals surface area contributed by atoms with E-state index in [2.05, 4.69) is 185 Å². The lowest BCUT2D eigenvalue weighted by atomic mass is 9.85. The van der Waals surface area contributed by atoms with Crippen molar-refractivity contribution in [3.63, 3.8) is 0 Å². The van der Waals surface area contributed by atoms with Crippen LogP contribution in [0.2, 0.25) is 32.7 Å². The Balaban J connectivity index is 1.61. The highest BCUT2D eigenvalue weighted by Crippen LogP contribution is 2.51. The molecule has 264 valence electrons. The normalized spacial score (nSPS) is 13.6. The van der Waals surface area contributed by atoms with Gasteiger partial charge in [0.15, 0.2) is 0 Å². The lowest BCUT2D eigenvalue weighted by Crippen LogP contribution is -2.52. The van der Waals surface area contributed by atoms with Crippen molar-refractivity contribution >= 4 is 26.5 Å². The molecule has 1 aliphatic carbocycles. The Kier molecular flexibility index (Phi) is 9.57. The molecule has 0 aromatic heterocycles. The number of hydrogen-bond acceptors (Lipinski definition) is 1. The van der Waals surface area contributed by atoms with Gasteiger partial charge in [-0.3, -0.25) is 0 Å². The quantitative estimate of drug-likeness (QED) is 0.115. The number of hydrogen-bond donors (Lipinski definition) is 0. The van der Waals surface area contributed by atoms with Crippen LogP contribution in [0.4, 0.5) is 0 Å². The molecule has 0 N–H and O–H groups in total. The molecule has 1 aliphatic rings. The lowest BCUT2D eigenvalue weighted by molar-refractivity contribution is 0.368. The van der Waals surface area contributed by atoms with Crippen LogP contribution in [0, 0.1) is 6.92 Å². The number of rotatable bonds is 8. The predicted molar refractivity (Wildman–Crippen MR) is 229 cm³/mol. The van der Waals surface area contributed by atoms with Crippen LogP contribution in [-0.4, -0.2) is 22.8 Å². The fraction of sp³-hybridized carbons (Fsp3) is 0.333. The minimum absolute atomic E-state index is 0.0855. The van der Waals surface area contributed by atoms with E-state index in [1.807, 2.05) is 6.08 Å². The molecule has 5 aromatic rings. The molecular formula is C48H58OSi2. The second kappa shape index (κ2) is 13.2. The van der Waals surface area contributed by atoms with Gasteiger partial charge in [-0.25, -0.2) is 0 Å². The monoisotopic (exact) mass is 706 g/mol. The largest absolute Gasteiger partial charge is 0.490 e. The van der Waals surface area contributed by atoms with Crippen LogP contribution in [0.5, 0.6) is 5.75 Å². The van der Waals surface area contributed by atoms with Gasteiger partial charge in [0, 0.05) is 5.54 Å². The van der Waals surface area contributed by atoms with Crippen LogP contribution in [0.3, 0.4) is 0 Å². The molecule has 0 amide bonds. The summed E-state index contributed by atoms with van der Waals surface area (Å²) in [6.07, 6.45) is 1.89. The maximum Gasteiger partial charge on any atom is 0.118 e. The second-order valence-electron chi connectivity index (χ2n) is 18.5. The van der Waals surface area contributed by atoms with E-state index in [0.29, 0.717) is 6.61 Å². The van der Waals surface area contributed by atoms with E-state index in [4.69, 9.17) is 4.74 Å². The van der Waals surface area contributed by atoms with Crippen LogP contribution >= 0.6 is 0 Å². The molecule has 51 heavy (non-hydrogen) atoms. The molecule has 6 rings (SSSR count). The van der Waals surface area contributed by atoms with Crippen molar-refractivity contribution in [2.45, 2.75) is 97.6 Å². The van der Waals surface area contributed by atoms with Gasteiger partial charge in [-0.2, -0.15) is 0 Å². The number of aryl methyl sites for hydroxylation is 1. The molecule has 0 spiro atoms. The maximum absolute atomic E-state index is 6.75. The van der Waals surface area contributed by atoms with Gasteiger partial charge in [-0.1, -0.05) is 190 Å². The zero-order chi connectivity index (χ0) is 37.1. The summed E-state index contributed by atoms with van der Waals surface area (Å²) in [6.45, 7) is 33.1. The highest BCUT2D eigenvalue weighted by molar-refractivity contribution is 6.94. The standard InChI is InChI=1S/C48H58OSi2/c1-14-25-49-45-43(50(9,10)11)26-32(2)27-44(45)51(12,13)46-41-30-35(33-17-15-19-37(28-33)47(3,4)5)21-23-39(41)40-24-22-36(31-42(40)46)34-18-16-20-38(29-34)48(6,7)8/h14-24,26-31,46H,1,25H2,2-13H3.